The molecule has 0 aliphatic carbocycles. The summed E-state index contributed by atoms with van der Waals surface area (Å²) < 4.78 is 0. The Morgan fingerprint density at radius 1 is 1.27 bits per heavy atom. The number of hydrogen-bond donors (Lipinski definition) is 0. The minimum Gasteiger partial charge on any atom is -0.126 e. The van der Waals surface area contributed by atoms with Crippen LogP contribution in [0.4, 0.5) is 0 Å². The van der Waals surface area contributed by atoms with Gasteiger partial charge in [0.1, 0.15) is 0 Å². The maximum absolute atomic E-state index is 5.97. The van der Waals surface area contributed by atoms with Crippen molar-refractivity contribution in [3.8, 4) is 0 Å². The van der Waals surface area contributed by atoms with E-state index in [1.54, 1.807) is 0 Å². The summed E-state index contributed by atoms with van der Waals surface area (Å²) in [6, 6.07) is 8.05. The SMILES string of the molecule is CC(C)CC(CCl)Cc1cccc(Cl)c1. The van der Waals surface area contributed by atoms with Gasteiger partial charge in [-0.25, -0.2) is 0 Å². The molecule has 0 aliphatic heterocycles. The molecule has 0 bridgehead atoms. The first-order chi connectivity index (χ1) is 7.11. The third kappa shape index (κ3) is 4.90. The highest BCUT2D eigenvalue weighted by atomic mass is 35.5. The molecule has 1 unspecified atom stereocenters. The van der Waals surface area contributed by atoms with E-state index < -0.39 is 0 Å². The van der Waals surface area contributed by atoms with E-state index in [9.17, 15) is 0 Å². The Balaban J connectivity index is 2.58. The molecule has 15 heavy (non-hydrogen) atoms. The van der Waals surface area contributed by atoms with Crippen molar-refractivity contribution in [3.05, 3.63) is 34.9 Å². The van der Waals surface area contributed by atoms with Crippen molar-refractivity contribution in [3.63, 3.8) is 0 Å². The van der Waals surface area contributed by atoms with Crippen molar-refractivity contribution in [1.82, 2.24) is 0 Å². The second-order valence-corrected chi connectivity index (χ2v) is 5.23. The van der Waals surface area contributed by atoms with Gasteiger partial charge in [-0.1, -0.05) is 37.6 Å². The van der Waals surface area contributed by atoms with Crippen LogP contribution in [0.25, 0.3) is 0 Å². The number of rotatable bonds is 5. The van der Waals surface area contributed by atoms with Gasteiger partial charge in [0.2, 0.25) is 0 Å². The zero-order valence-electron chi connectivity index (χ0n) is 9.34. The van der Waals surface area contributed by atoms with Crippen LogP contribution in [0, 0.1) is 11.8 Å². The normalized spacial score (nSPS) is 13.1. The van der Waals surface area contributed by atoms with Crippen LogP contribution < -0.4 is 0 Å². The second kappa shape index (κ2) is 6.40. The molecule has 0 radical (unpaired) electrons. The number of halogens is 2. The fourth-order valence-electron chi connectivity index (χ4n) is 1.86. The van der Waals surface area contributed by atoms with Gasteiger partial charge in [0.25, 0.3) is 0 Å². The molecule has 1 atom stereocenters. The summed E-state index contributed by atoms with van der Waals surface area (Å²) in [6.07, 6.45) is 2.21. The summed E-state index contributed by atoms with van der Waals surface area (Å²) in [6.45, 7) is 4.47. The predicted octanol–water partition coefficient (Wildman–Crippen LogP) is 4.78. The molecule has 0 saturated carbocycles. The molecular weight excluding hydrogens is 227 g/mol. The molecule has 0 fully saturated rings. The van der Waals surface area contributed by atoms with E-state index in [4.69, 9.17) is 23.2 Å². The van der Waals surface area contributed by atoms with Gasteiger partial charge >= 0.3 is 0 Å². The molecule has 0 amide bonds. The average Bonchev–Trinajstić information content (AvgIpc) is 2.16. The van der Waals surface area contributed by atoms with Crippen LogP contribution in [-0.4, -0.2) is 5.88 Å². The zero-order chi connectivity index (χ0) is 11.3. The summed E-state index contributed by atoms with van der Waals surface area (Å²) in [7, 11) is 0. The van der Waals surface area contributed by atoms with Crippen molar-refractivity contribution >= 4 is 23.2 Å². The Bertz CT molecular complexity index is 294. The largest absolute Gasteiger partial charge is 0.126 e. The van der Waals surface area contributed by atoms with Crippen LogP contribution in [0.15, 0.2) is 24.3 Å². The molecule has 0 spiro atoms. The maximum Gasteiger partial charge on any atom is 0.0408 e. The fraction of sp³-hybridized carbons (Fsp3) is 0.538. The lowest BCUT2D eigenvalue weighted by atomic mass is 9.92. The molecule has 0 saturated heterocycles. The van der Waals surface area contributed by atoms with Crippen LogP contribution in [0.3, 0.4) is 0 Å². The van der Waals surface area contributed by atoms with E-state index in [-0.39, 0.29) is 0 Å². The molecule has 1 aromatic rings. The maximum atomic E-state index is 5.97. The van der Waals surface area contributed by atoms with E-state index in [0.717, 1.165) is 17.3 Å². The summed E-state index contributed by atoms with van der Waals surface area (Å²) in [5, 5.41) is 0.811. The number of hydrogen-bond acceptors (Lipinski definition) is 0. The van der Waals surface area contributed by atoms with Crippen LogP contribution in [0.1, 0.15) is 25.8 Å². The smallest absolute Gasteiger partial charge is 0.0408 e. The highest BCUT2D eigenvalue weighted by molar-refractivity contribution is 6.30. The lowest BCUT2D eigenvalue weighted by Crippen LogP contribution is -2.09. The van der Waals surface area contributed by atoms with Gasteiger partial charge in [-0.3, -0.25) is 0 Å². The van der Waals surface area contributed by atoms with Gasteiger partial charge in [-0.2, -0.15) is 0 Å². The first-order valence-corrected chi connectivity index (χ1v) is 6.33. The molecule has 0 aromatic heterocycles. The molecule has 0 aliphatic rings. The first-order valence-electron chi connectivity index (χ1n) is 5.42. The monoisotopic (exact) mass is 244 g/mol. The third-order valence-electron chi connectivity index (χ3n) is 2.44. The zero-order valence-corrected chi connectivity index (χ0v) is 10.9. The molecule has 84 valence electrons. The number of benzene rings is 1. The summed E-state index contributed by atoms with van der Waals surface area (Å²) in [4.78, 5) is 0. The molecule has 1 aromatic carbocycles. The predicted molar refractivity (Wildman–Crippen MR) is 68.8 cm³/mol. The molecule has 0 heterocycles. The fourth-order valence-corrected chi connectivity index (χ4v) is 2.31. The van der Waals surface area contributed by atoms with E-state index >= 15 is 0 Å². The van der Waals surface area contributed by atoms with Crippen molar-refractivity contribution < 1.29 is 0 Å². The average molecular weight is 245 g/mol. The highest BCUT2D eigenvalue weighted by Gasteiger charge is 2.10. The van der Waals surface area contributed by atoms with E-state index in [1.807, 2.05) is 18.2 Å². The molecule has 0 nitrogen and oxygen atoms in total. The summed E-state index contributed by atoms with van der Waals surface area (Å²) in [5.41, 5.74) is 1.29. The molecule has 1 rings (SSSR count). The number of alkyl halides is 1. The van der Waals surface area contributed by atoms with Crippen molar-refractivity contribution in [2.24, 2.45) is 11.8 Å². The van der Waals surface area contributed by atoms with Gasteiger partial charge in [0, 0.05) is 10.9 Å². The minimum atomic E-state index is 0.560. The third-order valence-corrected chi connectivity index (χ3v) is 3.11. The quantitative estimate of drug-likeness (QED) is 0.654. The van der Waals surface area contributed by atoms with E-state index in [1.165, 1.54) is 12.0 Å². The van der Waals surface area contributed by atoms with Crippen LogP contribution in [-0.2, 0) is 6.42 Å². The van der Waals surface area contributed by atoms with Crippen LogP contribution >= 0.6 is 23.2 Å². The van der Waals surface area contributed by atoms with E-state index in [0.29, 0.717) is 11.8 Å². The van der Waals surface area contributed by atoms with Gasteiger partial charge in [-0.05, 0) is 42.4 Å². The topological polar surface area (TPSA) is 0 Å². The molecule has 2 heteroatoms. The van der Waals surface area contributed by atoms with Crippen molar-refractivity contribution in [2.75, 3.05) is 5.88 Å². The Morgan fingerprint density at radius 2 is 2.00 bits per heavy atom. The van der Waals surface area contributed by atoms with Crippen LogP contribution in [0.5, 0.6) is 0 Å². The highest BCUT2D eigenvalue weighted by Crippen LogP contribution is 2.20. The molecular formula is C13H18Cl2. The summed E-state index contributed by atoms with van der Waals surface area (Å²) >= 11 is 11.9. The lowest BCUT2D eigenvalue weighted by Gasteiger charge is -2.16. The minimum absolute atomic E-state index is 0.560. The Kier molecular flexibility index (Phi) is 5.49. The first kappa shape index (κ1) is 12.9. The summed E-state index contributed by atoms with van der Waals surface area (Å²) in [5.74, 6) is 1.99. The molecule has 0 N–H and O–H groups in total. The Hall–Kier alpha value is -0.200. The van der Waals surface area contributed by atoms with Crippen molar-refractivity contribution in [1.29, 1.82) is 0 Å². The second-order valence-electron chi connectivity index (χ2n) is 4.48. The van der Waals surface area contributed by atoms with Crippen LogP contribution in [0.2, 0.25) is 5.02 Å². The standard InChI is InChI=1S/C13H18Cl2/c1-10(2)6-12(9-14)7-11-4-3-5-13(15)8-11/h3-5,8,10,12H,6-7,9H2,1-2H3. The van der Waals surface area contributed by atoms with Crippen molar-refractivity contribution in [2.45, 2.75) is 26.7 Å². The van der Waals surface area contributed by atoms with Gasteiger partial charge < -0.3 is 0 Å². The Morgan fingerprint density at radius 3 is 2.53 bits per heavy atom. The van der Waals surface area contributed by atoms with Gasteiger partial charge in [0.05, 0.1) is 0 Å². The Labute approximate surface area is 103 Å². The van der Waals surface area contributed by atoms with E-state index in [2.05, 4.69) is 19.9 Å². The van der Waals surface area contributed by atoms with Gasteiger partial charge in [-0.15, -0.1) is 11.6 Å². The van der Waals surface area contributed by atoms with Gasteiger partial charge in [0.15, 0.2) is 0 Å². The lowest BCUT2D eigenvalue weighted by molar-refractivity contribution is 0.441.